The van der Waals surface area contributed by atoms with Gasteiger partial charge >= 0.3 is 0 Å². The van der Waals surface area contributed by atoms with E-state index in [9.17, 15) is 4.79 Å². The van der Waals surface area contributed by atoms with Crippen LogP contribution in [0, 0.1) is 0 Å². The van der Waals surface area contributed by atoms with Crippen molar-refractivity contribution in [3.8, 4) is 5.75 Å². The van der Waals surface area contributed by atoms with E-state index in [0.717, 1.165) is 30.6 Å². The maximum absolute atomic E-state index is 12.8. The van der Waals surface area contributed by atoms with Gasteiger partial charge in [-0.2, -0.15) is 0 Å². The predicted octanol–water partition coefficient (Wildman–Crippen LogP) is 4.45. The lowest BCUT2D eigenvalue weighted by Gasteiger charge is -2.33. The molecule has 0 aliphatic carbocycles. The van der Waals surface area contributed by atoms with Crippen LogP contribution in [0.2, 0.25) is 5.02 Å². The SMILES string of the molecule is O=C(COc1cccnc1)N1CCCCC1c1ncc(Cc2cccc(Cl)c2)o1. The summed E-state index contributed by atoms with van der Waals surface area (Å²) in [6, 6.07) is 11.1. The van der Waals surface area contributed by atoms with Crippen molar-refractivity contribution >= 4 is 17.5 Å². The molecule has 1 aliphatic heterocycles. The fourth-order valence-corrected chi connectivity index (χ4v) is 3.77. The lowest BCUT2D eigenvalue weighted by atomic mass is 10.0. The van der Waals surface area contributed by atoms with Crippen molar-refractivity contribution in [3.05, 3.63) is 77.2 Å². The largest absolute Gasteiger partial charge is 0.482 e. The van der Waals surface area contributed by atoms with Crippen LogP contribution in [0.5, 0.6) is 5.75 Å². The standard InChI is InChI=1S/C22H22ClN3O3/c23-17-6-3-5-16(11-17)12-19-14-25-22(29-19)20-8-1-2-10-26(20)21(27)15-28-18-7-4-9-24-13-18/h3-7,9,11,13-14,20H,1-2,8,10,12,15H2. The summed E-state index contributed by atoms with van der Waals surface area (Å²) in [6.45, 7) is 0.643. The molecule has 150 valence electrons. The Hall–Kier alpha value is -2.86. The van der Waals surface area contributed by atoms with E-state index in [0.29, 0.717) is 29.6 Å². The molecule has 0 N–H and O–H groups in total. The van der Waals surface area contributed by atoms with E-state index in [-0.39, 0.29) is 18.6 Å². The number of amides is 1. The Morgan fingerprint density at radius 3 is 3.00 bits per heavy atom. The van der Waals surface area contributed by atoms with Gasteiger partial charge in [0.2, 0.25) is 5.89 Å². The van der Waals surface area contributed by atoms with Gasteiger partial charge in [-0.3, -0.25) is 9.78 Å². The van der Waals surface area contributed by atoms with Gasteiger partial charge in [0.1, 0.15) is 17.6 Å². The number of hydrogen-bond acceptors (Lipinski definition) is 5. The second kappa shape index (κ2) is 9.09. The van der Waals surface area contributed by atoms with E-state index in [4.69, 9.17) is 20.8 Å². The zero-order chi connectivity index (χ0) is 20.1. The predicted molar refractivity (Wildman–Crippen MR) is 109 cm³/mol. The second-order valence-corrected chi connectivity index (χ2v) is 7.48. The number of benzene rings is 1. The maximum Gasteiger partial charge on any atom is 0.261 e. The highest BCUT2D eigenvalue weighted by molar-refractivity contribution is 6.30. The number of nitrogens with zero attached hydrogens (tertiary/aromatic N) is 3. The number of aromatic nitrogens is 2. The molecule has 1 aliphatic rings. The van der Waals surface area contributed by atoms with Crippen molar-refractivity contribution in [3.63, 3.8) is 0 Å². The van der Waals surface area contributed by atoms with Gasteiger partial charge in [0.05, 0.1) is 12.4 Å². The molecule has 29 heavy (non-hydrogen) atoms. The molecule has 2 aromatic heterocycles. The first-order chi connectivity index (χ1) is 14.2. The highest BCUT2D eigenvalue weighted by Gasteiger charge is 2.31. The van der Waals surface area contributed by atoms with Crippen molar-refractivity contribution in [2.45, 2.75) is 31.7 Å². The zero-order valence-electron chi connectivity index (χ0n) is 16.0. The maximum atomic E-state index is 12.8. The number of ether oxygens (including phenoxy) is 1. The molecule has 7 heteroatoms. The Kier molecular flexibility index (Phi) is 6.10. The molecule has 0 spiro atoms. The smallest absolute Gasteiger partial charge is 0.261 e. The Morgan fingerprint density at radius 1 is 1.24 bits per heavy atom. The minimum Gasteiger partial charge on any atom is -0.482 e. The number of likely N-dealkylation sites (tertiary alicyclic amines) is 1. The van der Waals surface area contributed by atoms with Crippen LogP contribution in [0.25, 0.3) is 0 Å². The number of carbonyl (C=O) groups is 1. The number of carbonyl (C=O) groups excluding carboxylic acids is 1. The van der Waals surface area contributed by atoms with Crippen molar-refractivity contribution in [2.75, 3.05) is 13.2 Å². The number of pyridine rings is 1. The van der Waals surface area contributed by atoms with Crippen LogP contribution in [0.1, 0.15) is 42.5 Å². The summed E-state index contributed by atoms with van der Waals surface area (Å²) in [5, 5.41) is 0.694. The summed E-state index contributed by atoms with van der Waals surface area (Å²) in [5.41, 5.74) is 1.06. The molecule has 0 radical (unpaired) electrons. The molecular weight excluding hydrogens is 390 g/mol. The van der Waals surface area contributed by atoms with Gasteiger partial charge < -0.3 is 14.1 Å². The third kappa shape index (κ3) is 4.95. The molecule has 3 heterocycles. The average Bonchev–Trinajstić information content (AvgIpc) is 3.21. The summed E-state index contributed by atoms with van der Waals surface area (Å²) in [4.78, 5) is 23.1. The highest BCUT2D eigenvalue weighted by atomic mass is 35.5. The lowest BCUT2D eigenvalue weighted by molar-refractivity contribution is -0.137. The molecule has 4 rings (SSSR count). The van der Waals surface area contributed by atoms with E-state index >= 15 is 0 Å². The van der Waals surface area contributed by atoms with Crippen molar-refractivity contribution < 1.29 is 13.9 Å². The van der Waals surface area contributed by atoms with E-state index < -0.39 is 0 Å². The van der Waals surface area contributed by atoms with Gasteiger partial charge in [0.15, 0.2) is 6.61 Å². The molecule has 0 bridgehead atoms. The lowest BCUT2D eigenvalue weighted by Crippen LogP contribution is -2.41. The summed E-state index contributed by atoms with van der Waals surface area (Å²) < 4.78 is 11.6. The molecule has 0 saturated carbocycles. The Labute approximate surface area is 174 Å². The Bertz CT molecular complexity index is 961. The number of hydrogen-bond donors (Lipinski definition) is 0. The van der Waals surface area contributed by atoms with Crippen molar-refractivity contribution in [2.24, 2.45) is 0 Å². The van der Waals surface area contributed by atoms with Gasteiger partial charge in [-0.15, -0.1) is 0 Å². The average molecular weight is 412 g/mol. The molecule has 1 amide bonds. The summed E-state index contributed by atoms with van der Waals surface area (Å²) in [7, 11) is 0. The molecule has 1 fully saturated rings. The van der Waals surface area contributed by atoms with Crippen LogP contribution in [-0.4, -0.2) is 33.9 Å². The van der Waals surface area contributed by atoms with Crippen molar-refractivity contribution in [1.29, 1.82) is 0 Å². The second-order valence-electron chi connectivity index (χ2n) is 7.05. The fraction of sp³-hybridized carbons (Fsp3) is 0.318. The van der Waals surface area contributed by atoms with Gasteiger partial charge in [-0.05, 0) is 49.1 Å². The van der Waals surface area contributed by atoms with Crippen LogP contribution in [0.15, 0.2) is 59.4 Å². The van der Waals surface area contributed by atoms with Crippen molar-refractivity contribution in [1.82, 2.24) is 14.9 Å². The monoisotopic (exact) mass is 411 g/mol. The van der Waals surface area contributed by atoms with Crippen LogP contribution in [-0.2, 0) is 11.2 Å². The summed E-state index contributed by atoms with van der Waals surface area (Å²) >= 11 is 6.06. The van der Waals surface area contributed by atoms with E-state index in [1.54, 1.807) is 30.7 Å². The van der Waals surface area contributed by atoms with Gasteiger partial charge in [-0.25, -0.2) is 4.98 Å². The molecule has 1 aromatic carbocycles. The number of rotatable bonds is 6. The van der Waals surface area contributed by atoms with Crippen LogP contribution < -0.4 is 4.74 Å². The number of halogens is 1. The third-order valence-corrected chi connectivity index (χ3v) is 5.18. The highest BCUT2D eigenvalue weighted by Crippen LogP contribution is 2.31. The minimum absolute atomic E-state index is 0.0295. The van der Waals surface area contributed by atoms with Gasteiger partial charge in [0.25, 0.3) is 5.91 Å². The first kappa shape index (κ1) is 19.5. The third-order valence-electron chi connectivity index (χ3n) is 4.94. The molecular formula is C22H22ClN3O3. The van der Waals surface area contributed by atoms with Gasteiger partial charge in [0, 0.05) is 24.2 Å². The van der Waals surface area contributed by atoms with Crippen LogP contribution in [0.3, 0.4) is 0 Å². The molecule has 6 nitrogen and oxygen atoms in total. The fourth-order valence-electron chi connectivity index (χ4n) is 3.55. The van der Waals surface area contributed by atoms with E-state index in [1.807, 2.05) is 29.2 Å². The molecule has 1 atom stereocenters. The Balaban J connectivity index is 1.43. The topological polar surface area (TPSA) is 68.5 Å². The van der Waals surface area contributed by atoms with E-state index in [1.165, 1.54) is 0 Å². The van der Waals surface area contributed by atoms with Crippen LogP contribution in [0.4, 0.5) is 0 Å². The first-order valence-electron chi connectivity index (χ1n) is 9.70. The van der Waals surface area contributed by atoms with E-state index in [2.05, 4.69) is 9.97 Å². The molecule has 3 aromatic rings. The number of piperidine rings is 1. The minimum atomic E-state index is -0.165. The number of oxazole rings is 1. The van der Waals surface area contributed by atoms with Crippen LogP contribution >= 0.6 is 11.6 Å². The summed E-state index contributed by atoms with van der Waals surface area (Å²) in [6.07, 6.45) is 8.43. The summed E-state index contributed by atoms with van der Waals surface area (Å²) in [5.74, 6) is 1.84. The normalized spacial score (nSPS) is 16.6. The quantitative estimate of drug-likeness (QED) is 0.599. The first-order valence-corrected chi connectivity index (χ1v) is 10.1. The molecule has 1 unspecified atom stereocenters. The zero-order valence-corrected chi connectivity index (χ0v) is 16.7. The van der Waals surface area contributed by atoms with Gasteiger partial charge in [-0.1, -0.05) is 23.7 Å². The molecule has 1 saturated heterocycles. The Morgan fingerprint density at radius 2 is 2.17 bits per heavy atom.